The van der Waals surface area contributed by atoms with Gasteiger partial charge in [-0.1, -0.05) is 0 Å². The van der Waals surface area contributed by atoms with Crippen molar-refractivity contribution in [3.05, 3.63) is 0 Å². The van der Waals surface area contributed by atoms with Gasteiger partial charge in [0.1, 0.15) is 6.61 Å². The van der Waals surface area contributed by atoms with Gasteiger partial charge in [0.25, 0.3) is 5.91 Å². The van der Waals surface area contributed by atoms with E-state index in [1.54, 1.807) is 0 Å². The summed E-state index contributed by atoms with van der Waals surface area (Å²) >= 11 is 0. The Kier molecular flexibility index (Phi) is 1.26. The molecule has 0 radical (unpaired) electrons. The summed E-state index contributed by atoms with van der Waals surface area (Å²) in [4.78, 5) is 24.8. The SMILES string of the molecule is O=C1CONC(=O)C1. The normalized spacial score (nSPS) is 20.5. The number of rotatable bonds is 0. The third kappa shape index (κ3) is 1.04. The molecule has 1 heterocycles. The van der Waals surface area contributed by atoms with E-state index >= 15 is 0 Å². The van der Waals surface area contributed by atoms with Crippen LogP contribution < -0.4 is 5.48 Å². The van der Waals surface area contributed by atoms with Crippen molar-refractivity contribution in [2.45, 2.75) is 6.42 Å². The van der Waals surface area contributed by atoms with Crippen LogP contribution in [-0.4, -0.2) is 18.3 Å². The predicted molar refractivity (Wildman–Crippen MR) is 23.7 cm³/mol. The molecule has 0 aromatic rings. The van der Waals surface area contributed by atoms with Gasteiger partial charge in [-0.05, 0) is 0 Å². The zero-order valence-electron chi connectivity index (χ0n) is 4.14. The average Bonchev–Trinajstić information content (AvgIpc) is 1.64. The van der Waals surface area contributed by atoms with Crippen LogP contribution in [0.3, 0.4) is 0 Å². The van der Waals surface area contributed by atoms with Crippen molar-refractivity contribution in [3.8, 4) is 0 Å². The molecule has 1 fully saturated rings. The minimum absolute atomic E-state index is 0.00569. The molecule has 0 saturated carbocycles. The number of amides is 1. The van der Waals surface area contributed by atoms with Gasteiger partial charge in [0.15, 0.2) is 5.78 Å². The van der Waals surface area contributed by atoms with Crippen molar-refractivity contribution < 1.29 is 14.4 Å². The van der Waals surface area contributed by atoms with Crippen LogP contribution >= 0.6 is 0 Å². The fourth-order valence-corrected chi connectivity index (χ4v) is 0.463. The van der Waals surface area contributed by atoms with E-state index < -0.39 is 0 Å². The van der Waals surface area contributed by atoms with Crippen molar-refractivity contribution in [1.29, 1.82) is 0 Å². The van der Waals surface area contributed by atoms with E-state index in [2.05, 4.69) is 10.3 Å². The number of ketones is 1. The van der Waals surface area contributed by atoms with Crippen molar-refractivity contribution in [2.24, 2.45) is 0 Å². The zero-order chi connectivity index (χ0) is 5.98. The summed E-state index contributed by atoms with van der Waals surface area (Å²) in [5.74, 6) is -0.532. The molecule has 0 unspecified atom stereocenters. The molecule has 44 valence electrons. The summed E-state index contributed by atoms with van der Waals surface area (Å²) in [7, 11) is 0. The summed E-state index contributed by atoms with van der Waals surface area (Å²) in [6.07, 6.45) is -0.0417. The standard InChI is InChI=1S/C4H5NO3/c6-3-1-4(7)5-8-2-3/h1-2H2,(H,5,7). The first-order valence-corrected chi connectivity index (χ1v) is 2.21. The molecule has 0 atom stereocenters. The lowest BCUT2D eigenvalue weighted by atomic mass is 10.3. The second-order valence-corrected chi connectivity index (χ2v) is 1.53. The van der Waals surface area contributed by atoms with E-state index in [1.807, 2.05) is 0 Å². The lowest BCUT2D eigenvalue weighted by Crippen LogP contribution is -2.35. The van der Waals surface area contributed by atoms with E-state index in [4.69, 9.17) is 0 Å². The highest BCUT2D eigenvalue weighted by Crippen LogP contribution is 1.89. The molecule has 1 saturated heterocycles. The van der Waals surface area contributed by atoms with Gasteiger partial charge in [-0.3, -0.25) is 14.4 Å². The topological polar surface area (TPSA) is 55.4 Å². The Morgan fingerprint density at radius 3 is 2.62 bits per heavy atom. The number of hydrogen-bond acceptors (Lipinski definition) is 3. The fraction of sp³-hybridized carbons (Fsp3) is 0.500. The van der Waals surface area contributed by atoms with Gasteiger partial charge in [-0.15, -0.1) is 0 Å². The lowest BCUT2D eigenvalue weighted by Gasteiger charge is -2.08. The van der Waals surface area contributed by atoms with E-state index in [0.29, 0.717) is 0 Å². The molecule has 8 heavy (non-hydrogen) atoms. The highest BCUT2D eigenvalue weighted by molar-refractivity contribution is 5.99. The van der Waals surface area contributed by atoms with Crippen LogP contribution in [0.1, 0.15) is 6.42 Å². The average molecular weight is 115 g/mol. The van der Waals surface area contributed by atoms with Crippen LogP contribution in [-0.2, 0) is 14.4 Å². The maximum Gasteiger partial charge on any atom is 0.251 e. The molecule has 0 aromatic heterocycles. The van der Waals surface area contributed by atoms with Gasteiger partial charge >= 0.3 is 0 Å². The molecule has 1 aliphatic heterocycles. The Hall–Kier alpha value is -0.900. The third-order valence-electron chi connectivity index (χ3n) is 0.777. The third-order valence-corrected chi connectivity index (χ3v) is 0.777. The maximum absolute atomic E-state index is 10.3. The summed E-state index contributed by atoms with van der Waals surface area (Å²) < 4.78 is 0. The second kappa shape index (κ2) is 1.92. The molecule has 1 aliphatic rings. The van der Waals surface area contributed by atoms with Crippen LogP contribution in [0, 0.1) is 0 Å². The van der Waals surface area contributed by atoms with Gasteiger partial charge in [0.05, 0.1) is 6.42 Å². The molecule has 1 amide bonds. The molecule has 0 spiro atoms. The number of carbonyl (C=O) groups is 2. The minimum Gasteiger partial charge on any atom is -0.296 e. The monoisotopic (exact) mass is 115 g/mol. The Balaban J connectivity index is 2.45. The lowest BCUT2D eigenvalue weighted by molar-refractivity contribution is -0.148. The molecule has 0 aromatic carbocycles. The van der Waals surface area contributed by atoms with Crippen LogP contribution in [0.5, 0.6) is 0 Å². The van der Waals surface area contributed by atoms with E-state index in [1.165, 1.54) is 0 Å². The summed E-state index contributed by atoms with van der Waals surface area (Å²) in [5, 5.41) is 0. The fourth-order valence-electron chi connectivity index (χ4n) is 0.463. The van der Waals surface area contributed by atoms with Crippen LogP contribution in [0.25, 0.3) is 0 Å². The van der Waals surface area contributed by atoms with Crippen LogP contribution in [0.15, 0.2) is 0 Å². The summed E-state index contributed by atoms with van der Waals surface area (Å²) in [5.41, 5.74) is 2.05. The number of carbonyl (C=O) groups excluding carboxylic acids is 2. The largest absolute Gasteiger partial charge is 0.296 e. The highest BCUT2D eigenvalue weighted by Gasteiger charge is 2.14. The van der Waals surface area contributed by atoms with Gasteiger partial charge in [0, 0.05) is 0 Å². The minimum atomic E-state index is -0.360. The number of Topliss-reactive ketones (excluding diaryl/α,β-unsaturated/α-hetero) is 1. The molecule has 4 heteroatoms. The van der Waals surface area contributed by atoms with E-state index in [0.717, 1.165) is 0 Å². The molecule has 1 rings (SSSR count). The number of hydrogen-bond donors (Lipinski definition) is 1. The van der Waals surface area contributed by atoms with Crippen molar-refractivity contribution >= 4 is 11.7 Å². The first-order chi connectivity index (χ1) is 3.79. The molecular weight excluding hydrogens is 110 g/mol. The Labute approximate surface area is 45.8 Å². The van der Waals surface area contributed by atoms with Gasteiger partial charge < -0.3 is 0 Å². The first kappa shape index (κ1) is 5.24. The number of hydroxylamine groups is 1. The second-order valence-electron chi connectivity index (χ2n) is 1.53. The Morgan fingerprint density at radius 2 is 2.25 bits per heavy atom. The number of nitrogens with one attached hydrogen (secondary N) is 1. The van der Waals surface area contributed by atoms with Crippen molar-refractivity contribution in [1.82, 2.24) is 5.48 Å². The maximum atomic E-state index is 10.3. The van der Waals surface area contributed by atoms with Crippen LogP contribution in [0.2, 0.25) is 0 Å². The molecule has 0 aliphatic carbocycles. The van der Waals surface area contributed by atoms with Gasteiger partial charge in [0.2, 0.25) is 0 Å². The summed E-state index contributed by atoms with van der Waals surface area (Å²) in [6.45, 7) is 0.00569. The van der Waals surface area contributed by atoms with E-state index in [-0.39, 0.29) is 24.7 Å². The molecule has 1 N–H and O–H groups in total. The molecule has 0 bridgehead atoms. The first-order valence-electron chi connectivity index (χ1n) is 2.21. The van der Waals surface area contributed by atoms with Crippen LogP contribution in [0.4, 0.5) is 0 Å². The Morgan fingerprint density at radius 1 is 1.50 bits per heavy atom. The van der Waals surface area contributed by atoms with Gasteiger partial charge in [-0.2, -0.15) is 0 Å². The molecule has 4 nitrogen and oxygen atoms in total. The van der Waals surface area contributed by atoms with Gasteiger partial charge in [-0.25, -0.2) is 5.48 Å². The van der Waals surface area contributed by atoms with Crippen molar-refractivity contribution in [2.75, 3.05) is 6.61 Å². The quantitative estimate of drug-likeness (QED) is 0.412. The van der Waals surface area contributed by atoms with E-state index in [9.17, 15) is 9.59 Å². The highest BCUT2D eigenvalue weighted by atomic mass is 16.7. The Bertz CT molecular complexity index is 117. The smallest absolute Gasteiger partial charge is 0.251 e. The molecular formula is C4H5NO3. The zero-order valence-corrected chi connectivity index (χ0v) is 4.14. The summed E-state index contributed by atoms with van der Waals surface area (Å²) in [6, 6.07) is 0. The van der Waals surface area contributed by atoms with Crippen molar-refractivity contribution in [3.63, 3.8) is 0 Å². The predicted octanol–water partition coefficient (Wildman–Crippen LogP) is -0.993.